The van der Waals surface area contributed by atoms with E-state index < -0.39 is 0 Å². The Morgan fingerprint density at radius 3 is 2.64 bits per heavy atom. The summed E-state index contributed by atoms with van der Waals surface area (Å²) in [5, 5.41) is 2.85. The van der Waals surface area contributed by atoms with Crippen molar-refractivity contribution >= 4 is 34.5 Å². The molecule has 0 aliphatic rings. The molecule has 0 aliphatic heterocycles. The Balaban J connectivity index is 2.57. The largest absolute Gasteiger partial charge is 0.312 e. The quantitative estimate of drug-likeness (QED) is 0.821. The lowest BCUT2D eigenvalue weighted by Gasteiger charge is -2.00. The third-order valence-corrected chi connectivity index (χ3v) is 2.96. The van der Waals surface area contributed by atoms with Crippen LogP contribution >= 0.6 is 34.5 Å². The van der Waals surface area contributed by atoms with Gasteiger partial charge in [0.2, 0.25) is 0 Å². The summed E-state index contributed by atoms with van der Waals surface area (Å²) in [5.41, 5.74) is 1.51. The summed E-state index contributed by atoms with van der Waals surface area (Å²) < 4.78 is 0. The Bertz CT molecular complexity index is 518. The fourth-order valence-corrected chi connectivity index (χ4v) is 2.21. The molecule has 72 valence electrons. The molecule has 2 nitrogen and oxygen atoms in total. The monoisotopic (exact) mass is 245 g/mol. The van der Waals surface area contributed by atoms with E-state index in [4.69, 9.17) is 23.2 Å². The van der Waals surface area contributed by atoms with Crippen molar-refractivity contribution in [2.75, 3.05) is 0 Å². The van der Waals surface area contributed by atoms with Gasteiger partial charge in [0.1, 0.15) is 0 Å². The molecule has 1 aromatic heterocycles. The molecule has 1 aromatic carbocycles. The molecule has 1 N–H and O–H groups in total. The van der Waals surface area contributed by atoms with E-state index in [1.54, 1.807) is 23.6 Å². The van der Waals surface area contributed by atoms with E-state index in [-0.39, 0.29) is 4.87 Å². The molecule has 2 aromatic rings. The van der Waals surface area contributed by atoms with E-state index >= 15 is 0 Å². The Morgan fingerprint density at radius 2 is 2.07 bits per heavy atom. The predicted octanol–water partition coefficient (Wildman–Crippen LogP) is 3.41. The Labute approximate surface area is 94.1 Å². The standard InChI is InChI=1S/C9H5Cl2NOS/c10-5-1-2-6(7(11)3-5)8-4-14-9(13)12-8/h1-4H,(H,12,13). The second-order valence-corrected chi connectivity index (χ2v) is 4.37. The number of aromatic amines is 1. The average Bonchev–Trinajstić information content (AvgIpc) is 2.51. The van der Waals surface area contributed by atoms with Crippen molar-refractivity contribution in [2.45, 2.75) is 0 Å². The minimum absolute atomic E-state index is 0.0917. The molecule has 0 fully saturated rings. The van der Waals surface area contributed by atoms with Crippen LogP contribution in [0.15, 0.2) is 28.4 Å². The summed E-state index contributed by atoms with van der Waals surface area (Å²) in [6, 6.07) is 5.16. The number of H-pyrrole nitrogens is 1. The van der Waals surface area contributed by atoms with Gasteiger partial charge in [-0.3, -0.25) is 4.79 Å². The first-order valence-electron chi connectivity index (χ1n) is 3.80. The summed E-state index contributed by atoms with van der Waals surface area (Å²) in [6.07, 6.45) is 0. The van der Waals surface area contributed by atoms with E-state index in [2.05, 4.69) is 4.98 Å². The highest BCUT2D eigenvalue weighted by molar-refractivity contribution is 7.07. The van der Waals surface area contributed by atoms with Crippen LogP contribution in [0.3, 0.4) is 0 Å². The van der Waals surface area contributed by atoms with E-state index in [1.807, 2.05) is 0 Å². The fraction of sp³-hybridized carbons (Fsp3) is 0. The van der Waals surface area contributed by atoms with Crippen LogP contribution in [0.5, 0.6) is 0 Å². The maximum Gasteiger partial charge on any atom is 0.304 e. The number of rotatable bonds is 1. The number of hydrogen-bond donors (Lipinski definition) is 1. The molecule has 1 heterocycles. The maximum atomic E-state index is 10.9. The van der Waals surface area contributed by atoms with Gasteiger partial charge in [-0.15, -0.1) is 0 Å². The first kappa shape index (κ1) is 9.77. The second-order valence-electron chi connectivity index (χ2n) is 2.69. The third kappa shape index (κ3) is 1.85. The zero-order chi connectivity index (χ0) is 10.1. The summed E-state index contributed by atoms with van der Waals surface area (Å²) in [4.78, 5) is 13.5. The van der Waals surface area contributed by atoms with Crippen LogP contribution in [-0.4, -0.2) is 4.98 Å². The van der Waals surface area contributed by atoms with Crippen LogP contribution in [0.2, 0.25) is 10.0 Å². The van der Waals surface area contributed by atoms with Crippen molar-refractivity contribution in [2.24, 2.45) is 0 Å². The van der Waals surface area contributed by atoms with Crippen LogP contribution in [0.4, 0.5) is 0 Å². The Morgan fingerprint density at radius 1 is 1.29 bits per heavy atom. The molecule has 0 bridgehead atoms. The first-order valence-corrected chi connectivity index (χ1v) is 5.43. The Kier molecular flexibility index (Phi) is 2.63. The van der Waals surface area contributed by atoms with Crippen LogP contribution < -0.4 is 4.87 Å². The van der Waals surface area contributed by atoms with Gasteiger partial charge in [-0.25, -0.2) is 0 Å². The normalized spacial score (nSPS) is 10.4. The van der Waals surface area contributed by atoms with E-state index in [9.17, 15) is 4.79 Å². The highest BCUT2D eigenvalue weighted by atomic mass is 35.5. The van der Waals surface area contributed by atoms with Crippen molar-refractivity contribution < 1.29 is 0 Å². The summed E-state index contributed by atoms with van der Waals surface area (Å²) in [7, 11) is 0. The van der Waals surface area contributed by atoms with Gasteiger partial charge < -0.3 is 4.98 Å². The van der Waals surface area contributed by atoms with Gasteiger partial charge in [0.05, 0.1) is 10.7 Å². The Hall–Kier alpha value is -0.770. The zero-order valence-corrected chi connectivity index (χ0v) is 9.21. The first-order chi connectivity index (χ1) is 6.66. The second kappa shape index (κ2) is 3.77. The van der Waals surface area contributed by atoms with Crippen molar-refractivity contribution in [1.82, 2.24) is 4.98 Å². The van der Waals surface area contributed by atoms with E-state index in [0.29, 0.717) is 10.0 Å². The average molecular weight is 246 g/mol. The molecule has 0 saturated carbocycles. The van der Waals surface area contributed by atoms with Gasteiger partial charge in [-0.2, -0.15) is 0 Å². The van der Waals surface area contributed by atoms with Gasteiger partial charge in [0, 0.05) is 16.0 Å². The van der Waals surface area contributed by atoms with Gasteiger partial charge in [-0.05, 0) is 18.2 Å². The number of halogens is 2. The summed E-state index contributed by atoms with van der Waals surface area (Å²) >= 11 is 12.8. The number of aromatic nitrogens is 1. The summed E-state index contributed by atoms with van der Waals surface area (Å²) in [5.74, 6) is 0. The lowest BCUT2D eigenvalue weighted by atomic mass is 10.2. The fourth-order valence-electron chi connectivity index (χ4n) is 1.12. The van der Waals surface area contributed by atoms with Gasteiger partial charge in [0.25, 0.3) is 0 Å². The molecule has 0 radical (unpaired) electrons. The molecule has 0 amide bonds. The van der Waals surface area contributed by atoms with Crippen LogP contribution in [-0.2, 0) is 0 Å². The minimum Gasteiger partial charge on any atom is -0.312 e. The molecule has 0 spiro atoms. The lowest BCUT2D eigenvalue weighted by molar-refractivity contribution is 1.34. The van der Waals surface area contributed by atoms with Crippen LogP contribution in [0.1, 0.15) is 0 Å². The highest BCUT2D eigenvalue weighted by Crippen LogP contribution is 2.28. The number of hydrogen-bond acceptors (Lipinski definition) is 2. The summed E-state index contributed by atoms with van der Waals surface area (Å²) in [6.45, 7) is 0. The zero-order valence-electron chi connectivity index (χ0n) is 6.88. The topological polar surface area (TPSA) is 32.9 Å². The number of thiazole rings is 1. The van der Waals surface area contributed by atoms with Crippen molar-refractivity contribution in [1.29, 1.82) is 0 Å². The van der Waals surface area contributed by atoms with Crippen molar-refractivity contribution in [3.63, 3.8) is 0 Å². The van der Waals surface area contributed by atoms with Crippen LogP contribution in [0.25, 0.3) is 11.3 Å². The smallest absolute Gasteiger partial charge is 0.304 e. The van der Waals surface area contributed by atoms with Gasteiger partial charge >= 0.3 is 4.87 Å². The molecular weight excluding hydrogens is 241 g/mol. The molecule has 0 saturated heterocycles. The molecular formula is C9H5Cl2NOS. The van der Waals surface area contributed by atoms with Crippen molar-refractivity contribution in [3.8, 4) is 11.3 Å². The molecule has 14 heavy (non-hydrogen) atoms. The van der Waals surface area contributed by atoms with E-state index in [0.717, 1.165) is 22.6 Å². The molecule has 0 unspecified atom stereocenters. The van der Waals surface area contributed by atoms with Crippen molar-refractivity contribution in [3.05, 3.63) is 43.3 Å². The van der Waals surface area contributed by atoms with Gasteiger partial charge in [-0.1, -0.05) is 34.5 Å². The lowest BCUT2D eigenvalue weighted by Crippen LogP contribution is -1.92. The van der Waals surface area contributed by atoms with E-state index in [1.165, 1.54) is 0 Å². The molecule has 0 aliphatic carbocycles. The molecule has 0 atom stereocenters. The highest BCUT2D eigenvalue weighted by Gasteiger charge is 2.05. The molecule has 5 heteroatoms. The van der Waals surface area contributed by atoms with Gasteiger partial charge in [0.15, 0.2) is 0 Å². The van der Waals surface area contributed by atoms with Crippen LogP contribution in [0, 0.1) is 0 Å². The molecule has 2 rings (SSSR count). The number of nitrogens with one attached hydrogen (secondary N) is 1. The SMILES string of the molecule is O=c1[nH]c(-c2ccc(Cl)cc2Cl)cs1. The third-order valence-electron chi connectivity index (χ3n) is 1.74. The predicted molar refractivity (Wildman–Crippen MR) is 60.4 cm³/mol. The maximum absolute atomic E-state index is 10.9. The minimum atomic E-state index is -0.0917. The number of benzene rings is 1.